The maximum Gasteiger partial charge on any atom is 0.326 e. The topological polar surface area (TPSA) is 140 Å². The number of aryl methyl sites for hydroxylation is 2. The van der Waals surface area contributed by atoms with E-state index in [2.05, 4.69) is 10.3 Å². The largest absolute Gasteiger partial charge is 0.489 e. The van der Waals surface area contributed by atoms with Gasteiger partial charge in [-0.25, -0.2) is 4.79 Å². The Labute approximate surface area is 379 Å². The van der Waals surface area contributed by atoms with E-state index in [4.69, 9.17) is 41.8 Å². The molecule has 0 saturated carbocycles. The molecule has 7 aromatic rings. The molecule has 2 N–H and O–H groups in total. The quantitative estimate of drug-likeness (QED) is 0.130. The van der Waals surface area contributed by atoms with Gasteiger partial charge >= 0.3 is 5.97 Å². The molecule has 64 heavy (non-hydrogen) atoms. The fraction of sp³-hybridized carbons (Fsp3) is 0.216. The summed E-state index contributed by atoms with van der Waals surface area (Å²) < 4.78 is 24.8. The van der Waals surface area contributed by atoms with Gasteiger partial charge in [0.15, 0.2) is 23.4 Å². The Balaban J connectivity index is 0.947. The minimum atomic E-state index is -1.27. The van der Waals surface area contributed by atoms with Gasteiger partial charge < -0.3 is 34.0 Å². The molecule has 2 aliphatic rings. The molecule has 2 aromatic heterocycles. The third-order valence-corrected chi connectivity index (χ3v) is 12.8. The minimum absolute atomic E-state index is 0.0298. The number of carboxylic acid groups (broad SMARTS) is 1. The van der Waals surface area contributed by atoms with Crippen LogP contribution in [0.2, 0.25) is 10.0 Å². The molecule has 0 saturated heterocycles. The first-order valence-electron chi connectivity index (χ1n) is 20.9. The van der Waals surface area contributed by atoms with Gasteiger partial charge in [-0.15, -0.1) is 0 Å². The smallest absolute Gasteiger partial charge is 0.326 e. The van der Waals surface area contributed by atoms with E-state index in [0.29, 0.717) is 45.0 Å². The van der Waals surface area contributed by atoms with Crippen LogP contribution >= 0.6 is 23.2 Å². The van der Waals surface area contributed by atoms with Gasteiger partial charge in [-0.1, -0.05) is 83.9 Å². The van der Waals surface area contributed by atoms with E-state index >= 15 is 0 Å². The molecule has 5 aromatic carbocycles. The summed E-state index contributed by atoms with van der Waals surface area (Å²) in [5.41, 5.74) is 9.22. The maximum atomic E-state index is 14.6. The number of para-hydroxylation sites is 1. The van der Waals surface area contributed by atoms with E-state index in [-0.39, 0.29) is 31.8 Å². The van der Waals surface area contributed by atoms with Crippen LogP contribution in [0.4, 0.5) is 0 Å². The van der Waals surface area contributed by atoms with Crippen LogP contribution in [0.25, 0.3) is 22.1 Å². The Bertz CT molecular complexity index is 2930. The normalized spacial score (nSPS) is 15.9. The summed E-state index contributed by atoms with van der Waals surface area (Å²) in [6.45, 7) is 6.36. The Morgan fingerprint density at radius 2 is 1.61 bits per heavy atom. The van der Waals surface area contributed by atoms with E-state index in [1.54, 1.807) is 24.4 Å². The number of hydrogen-bond acceptors (Lipinski definition) is 8. The van der Waals surface area contributed by atoms with Gasteiger partial charge in [-0.3, -0.25) is 14.6 Å². The van der Waals surface area contributed by atoms with Crippen molar-refractivity contribution < 1.29 is 38.1 Å². The van der Waals surface area contributed by atoms with E-state index in [1.165, 1.54) is 4.90 Å². The highest BCUT2D eigenvalue weighted by atomic mass is 35.5. The second kappa shape index (κ2) is 17.7. The molecule has 4 heterocycles. The van der Waals surface area contributed by atoms with Gasteiger partial charge in [0, 0.05) is 42.2 Å². The predicted octanol–water partition coefficient (Wildman–Crippen LogP) is 10.2. The van der Waals surface area contributed by atoms with Crippen molar-refractivity contribution in [2.75, 3.05) is 6.61 Å². The number of furan rings is 1. The van der Waals surface area contributed by atoms with Crippen molar-refractivity contribution in [3.8, 4) is 28.4 Å². The standard InChI is InChI=1S/C51H43Cl2N3O8/c1-28-30(3)54-19-18-38(28)33-11-8-31(9-12-33)21-42(51(59)60)55-49(57)43-22-35-23-45-46(24-36(35)25-56(43)50(58)48-29(2)39-6-4-5-7-44(39)64-48)63-47(27-62-45)34-13-15-37(16-14-34)61-26-32-10-17-40(52)41(53)20-32/h4-20,23-24,42-43,47H,21-22,25-27H2,1-3H3,(H,55,57)(H,59,60)/t42?,43-,47+/m0/s1. The lowest BCUT2D eigenvalue weighted by atomic mass is 9.91. The number of rotatable bonds is 11. The summed E-state index contributed by atoms with van der Waals surface area (Å²) in [6, 6.07) is 31.2. The number of nitrogens with one attached hydrogen (secondary N) is 1. The number of carboxylic acids is 1. The predicted molar refractivity (Wildman–Crippen MR) is 243 cm³/mol. The fourth-order valence-corrected chi connectivity index (χ4v) is 8.64. The maximum absolute atomic E-state index is 14.6. The third kappa shape index (κ3) is 8.61. The molecule has 0 bridgehead atoms. The number of nitrogens with zero attached hydrogens (tertiary/aromatic N) is 2. The van der Waals surface area contributed by atoms with Crippen molar-refractivity contribution in [1.82, 2.24) is 15.2 Å². The van der Waals surface area contributed by atoms with Crippen molar-refractivity contribution in [3.05, 3.63) is 176 Å². The summed E-state index contributed by atoms with van der Waals surface area (Å²) >= 11 is 12.2. The van der Waals surface area contributed by atoms with Crippen LogP contribution < -0.4 is 19.5 Å². The summed E-state index contributed by atoms with van der Waals surface area (Å²) in [4.78, 5) is 47.5. The molecular weight excluding hydrogens is 853 g/mol. The van der Waals surface area contributed by atoms with Crippen LogP contribution in [-0.4, -0.2) is 51.5 Å². The van der Waals surface area contributed by atoms with Gasteiger partial charge in [0.25, 0.3) is 5.91 Å². The number of pyridine rings is 1. The number of amides is 2. The molecule has 2 aliphatic heterocycles. The Morgan fingerprint density at radius 3 is 2.36 bits per heavy atom. The zero-order valence-electron chi connectivity index (χ0n) is 35.2. The molecule has 324 valence electrons. The van der Waals surface area contributed by atoms with Gasteiger partial charge in [0.1, 0.15) is 36.6 Å². The molecule has 0 spiro atoms. The molecule has 9 rings (SSSR count). The zero-order valence-corrected chi connectivity index (χ0v) is 36.7. The fourth-order valence-electron chi connectivity index (χ4n) is 8.32. The highest BCUT2D eigenvalue weighted by Crippen LogP contribution is 2.41. The number of aromatic nitrogens is 1. The lowest BCUT2D eigenvalue weighted by molar-refractivity contribution is -0.142. The number of benzene rings is 5. The van der Waals surface area contributed by atoms with Crippen LogP contribution in [0.3, 0.4) is 0 Å². The van der Waals surface area contributed by atoms with Crippen molar-refractivity contribution in [2.45, 2.75) is 65.0 Å². The van der Waals surface area contributed by atoms with Gasteiger partial charge in [-0.2, -0.15) is 0 Å². The number of fused-ring (bicyclic) bond motifs is 3. The van der Waals surface area contributed by atoms with Crippen molar-refractivity contribution in [2.24, 2.45) is 0 Å². The second-order valence-corrected chi connectivity index (χ2v) is 17.0. The highest BCUT2D eigenvalue weighted by Gasteiger charge is 2.40. The van der Waals surface area contributed by atoms with Crippen LogP contribution in [0.15, 0.2) is 120 Å². The van der Waals surface area contributed by atoms with Crippen molar-refractivity contribution in [3.63, 3.8) is 0 Å². The average molecular weight is 897 g/mol. The lowest BCUT2D eigenvalue weighted by Gasteiger charge is -2.37. The van der Waals surface area contributed by atoms with E-state index in [1.807, 2.05) is 112 Å². The summed E-state index contributed by atoms with van der Waals surface area (Å²) in [5.74, 6) is -0.501. The van der Waals surface area contributed by atoms with Gasteiger partial charge in [0.05, 0.1) is 10.0 Å². The number of aliphatic carboxylic acids is 1. The first-order chi connectivity index (χ1) is 30.9. The van der Waals surface area contributed by atoms with Crippen molar-refractivity contribution in [1.29, 1.82) is 0 Å². The number of carbonyl (C=O) groups excluding carboxylic acids is 2. The monoisotopic (exact) mass is 895 g/mol. The van der Waals surface area contributed by atoms with Gasteiger partial charge in [-0.05, 0) is 114 Å². The first-order valence-corrected chi connectivity index (χ1v) is 21.6. The zero-order chi connectivity index (χ0) is 44.6. The van der Waals surface area contributed by atoms with Crippen LogP contribution in [0.5, 0.6) is 17.2 Å². The highest BCUT2D eigenvalue weighted by molar-refractivity contribution is 6.42. The summed E-state index contributed by atoms with van der Waals surface area (Å²) in [7, 11) is 0. The van der Waals surface area contributed by atoms with Crippen LogP contribution in [0, 0.1) is 20.8 Å². The van der Waals surface area contributed by atoms with E-state index < -0.39 is 36.0 Å². The third-order valence-electron chi connectivity index (χ3n) is 12.1. The molecule has 11 nitrogen and oxygen atoms in total. The number of ether oxygens (including phenoxy) is 3. The first kappa shape index (κ1) is 42.5. The molecule has 0 radical (unpaired) electrons. The lowest BCUT2D eigenvalue weighted by Crippen LogP contribution is -2.56. The number of carbonyl (C=O) groups is 3. The van der Waals surface area contributed by atoms with Crippen LogP contribution in [0.1, 0.15) is 61.3 Å². The molecular formula is C51H43Cl2N3O8. The SMILES string of the molecule is Cc1nccc(-c2ccc(CC(NC(=O)[C@@H]3Cc4cc5c(cc4CN3C(=O)c3oc4ccccc4c3C)O[C@@H](c3ccc(OCc4ccc(Cl)c(Cl)c4)cc3)CO5)C(=O)O)cc2)c1C. The molecule has 3 atom stereocenters. The molecule has 0 fully saturated rings. The van der Waals surface area contributed by atoms with Gasteiger partial charge in [0.2, 0.25) is 5.91 Å². The molecule has 13 heteroatoms. The molecule has 0 aliphatic carbocycles. The molecule has 2 amide bonds. The minimum Gasteiger partial charge on any atom is -0.489 e. The Hall–Kier alpha value is -6.82. The van der Waals surface area contributed by atoms with Crippen molar-refractivity contribution >= 4 is 52.0 Å². The number of halogens is 2. The second-order valence-electron chi connectivity index (χ2n) is 16.2. The van der Waals surface area contributed by atoms with E-state index in [0.717, 1.165) is 55.6 Å². The van der Waals surface area contributed by atoms with E-state index in [9.17, 15) is 19.5 Å². The Kier molecular flexibility index (Phi) is 11.8. The summed E-state index contributed by atoms with van der Waals surface area (Å²) in [6.07, 6.45) is 1.47. The average Bonchev–Trinajstić information content (AvgIpc) is 3.64. The molecule has 1 unspecified atom stereocenters. The summed E-state index contributed by atoms with van der Waals surface area (Å²) in [5, 5.41) is 14.9. The van der Waals surface area contributed by atoms with Crippen LogP contribution in [-0.2, 0) is 35.6 Å². The number of hydrogen-bond donors (Lipinski definition) is 2. The Morgan fingerprint density at radius 1 is 0.859 bits per heavy atom.